The Morgan fingerprint density at radius 3 is 1.56 bits per heavy atom. The van der Waals surface area contributed by atoms with Crippen molar-refractivity contribution >= 4 is 69.3 Å². The largest absolute Gasteiger partial charge is 0.494 e. The lowest BCUT2D eigenvalue weighted by Gasteiger charge is -2.36. The molecule has 2 unspecified atom stereocenters. The molecule has 2 aliphatic rings. The van der Waals surface area contributed by atoms with Gasteiger partial charge in [0.25, 0.3) is 5.91 Å². The maximum Gasteiger partial charge on any atom is 0.422 e. The van der Waals surface area contributed by atoms with Gasteiger partial charge in [0.15, 0.2) is 17.9 Å². The average Bonchev–Trinajstić information content (AvgIpc) is 1.80. The van der Waals surface area contributed by atoms with E-state index in [9.17, 15) is 41.4 Å². The summed E-state index contributed by atoms with van der Waals surface area (Å²) in [5.74, 6) is -4.56. The van der Waals surface area contributed by atoms with Crippen molar-refractivity contribution in [2.24, 2.45) is 0 Å². The van der Waals surface area contributed by atoms with E-state index in [1.165, 1.54) is 76.1 Å². The van der Waals surface area contributed by atoms with Crippen LogP contribution in [0.3, 0.4) is 0 Å². The highest BCUT2D eigenvalue weighted by atomic mass is 19.4. The van der Waals surface area contributed by atoms with Crippen molar-refractivity contribution in [1.82, 2.24) is 39.0 Å². The fourth-order valence-electron chi connectivity index (χ4n) is 10.6. The summed E-state index contributed by atoms with van der Waals surface area (Å²) in [5.41, 5.74) is 7.26. The molecule has 0 bridgehead atoms. The van der Waals surface area contributed by atoms with Gasteiger partial charge in [-0.05, 0) is 132 Å². The molecule has 2 aliphatic heterocycles. The van der Waals surface area contributed by atoms with Crippen LogP contribution in [-0.2, 0) is 9.59 Å². The molecule has 0 spiro atoms. The number of alkyl halides is 3. The number of fused-ring (bicyclic) bond motifs is 2. The summed E-state index contributed by atoms with van der Waals surface area (Å²) < 4.78 is 82.9. The Hall–Kier alpha value is -10.5. The van der Waals surface area contributed by atoms with Crippen LogP contribution in [0.2, 0.25) is 0 Å². The second kappa shape index (κ2) is 24.5. The topological polar surface area (TPSA) is 208 Å². The number of piperazine rings is 1. The fraction of sp³-hybridized carbons (Fsp3) is 0.203. The molecule has 2 atom stereocenters. The van der Waals surface area contributed by atoms with E-state index in [0.717, 1.165) is 43.0 Å². The normalized spacial score (nSPS) is 14.5. The first-order valence-corrected chi connectivity index (χ1v) is 28.0. The molecule has 6 aromatic carbocycles. The number of hydrogen-bond acceptors (Lipinski definition) is 14. The number of nitrogens with zero attached hydrogens (tertiary/aromatic N) is 9. The molecule has 448 valence electrons. The number of amides is 3. The summed E-state index contributed by atoms with van der Waals surface area (Å²) in [6.07, 6.45) is -1.82. The number of benzene rings is 6. The van der Waals surface area contributed by atoms with Gasteiger partial charge in [-0.3, -0.25) is 14.4 Å². The van der Waals surface area contributed by atoms with E-state index in [2.05, 4.69) is 59.2 Å². The molecule has 24 heteroatoms. The van der Waals surface area contributed by atoms with Gasteiger partial charge in [-0.25, -0.2) is 17.8 Å². The zero-order valence-corrected chi connectivity index (χ0v) is 47.3. The van der Waals surface area contributed by atoms with Crippen LogP contribution < -0.4 is 35.6 Å². The summed E-state index contributed by atoms with van der Waals surface area (Å²) in [4.78, 5) is 57.6. The predicted molar refractivity (Wildman–Crippen MR) is 322 cm³/mol. The minimum atomic E-state index is -4.67. The van der Waals surface area contributed by atoms with Gasteiger partial charge >= 0.3 is 6.18 Å². The van der Waals surface area contributed by atoms with Gasteiger partial charge in [0.1, 0.15) is 23.1 Å². The Balaban J connectivity index is 0.742. The highest BCUT2D eigenvalue weighted by molar-refractivity contribution is 6.05. The zero-order valence-electron chi connectivity index (χ0n) is 47.3. The molecular formula is C64H56F5N13O6. The van der Waals surface area contributed by atoms with E-state index in [-0.39, 0.29) is 36.0 Å². The fourth-order valence-corrected chi connectivity index (χ4v) is 10.6. The minimum absolute atomic E-state index is 0.0145. The van der Waals surface area contributed by atoms with Crippen LogP contribution in [0.15, 0.2) is 170 Å². The third-order valence-electron chi connectivity index (χ3n) is 15.3. The molecule has 2 saturated heterocycles. The molecule has 0 aliphatic carbocycles. The summed E-state index contributed by atoms with van der Waals surface area (Å²) in [6.45, 7) is 2.38. The molecule has 5 N–H and O–H groups in total. The van der Waals surface area contributed by atoms with Gasteiger partial charge in [-0.2, -0.15) is 23.1 Å². The van der Waals surface area contributed by atoms with E-state index in [4.69, 9.17) is 14.6 Å². The van der Waals surface area contributed by atoms with Crippen molar-refractivity contribution in [3.05, 3.63) is 198 Å². The first-order valence-electron chi connectivity index (χ1n) is 28.0. The molecule has 6 heterocycles. The molecular weight excluding hydrogens is 1140 g/mol. The average molecular weight is 1200 g/mol. The predicted octanol–water partition coefficient (Wildman–Crippen LogP) is 10.5. The molecule has 3 amide bonds. The summed E-state index contributed by atoms with van der Waals surface area (Å²) in [6, 6.07) is 41.6. The smallest absolute Gasteiger partial charge is 0.422 e. The first kappa shape index (κ1) is 57.9. The molecule has 12 rings (SSSR count). The van der Waals surface area contributed by atoms with Gasteiger partial charge in [0, 0.05) is 91.5 Å². The highest BCUT2D eigenvalue weighted by Crippen LogP contribution is 2.38. The highest BCUT2D eigenvalue weighted by Gasteiger charge is 2.37. The number of methoxy groups -OCH3 is 1. The van der Waals surface area contributed by atoms with Crippen LogP contribution >= 0.6 is 0 Å². The number of aliphatic hydroxyl groups excluding tert-OH is 1. The standard InChI is InChI=1S/C64H56F5N13O6/c1-78-27-29-79(30-28-78)49-22-24-51(53(32-49)87-2)72-62-74-55-25-12-43(33-81(55)76-62)38-7-18-47(19-8-38)70-59(84)57(40-3-14-45(65)15-4-40)58(41-5-16-46(66)17-6-41)60(85)71-48-20-9-39(10-21-48)44-13-26-56-75-63(77-82(56)34-44)73-52-23-11-42(61(86)80-35-50(83)36-80)31-54(52)88-37-64(67,68)69/h3-26,31-34,50,57-58,83H,27-30,35-37H2,1-2H3,(H,70,84)(H,71,85)(H,72,76)(H,73,77). The Kier molecular flexibility index (Phi) is 16.1. The summed E-state index contributed by atoms with van der Waals surface area (Å²) in [7, 11) is 3.75. The number of rotatable bonds is 18. The molecule has 2 fully saturated rings. The van der Waals surface area contributed by atoms with Crippen molar-refractivity contribution in [2.75, 3.05) is 86.2 Å². The Bertz CT molecular complexity index is 4190. The number of hydrogen-bond donors (Lipinski definition) is 5. The minimum Gasteiger partial charge on any atom is -0.494 e. The van der Waals surface area contributed by atoms with Gasteiger partial charge < -0.3 is 50.5 Å². The number of pyridine rings is 2. The van der Waals surface area contributed by atoms with Crippen molar-refractivity contribution in [3.63, 3.8) is 0 Å². The number of β-amino-alcohol motifs (C(OH)–C–C–N with tert-alkyl or cyclic N) is 1. The lowest BCUT2D eigenvalue weighted by atomic mass is 9.79. The summed E-state index contributed by atoms with van der Waals surface area (Å²) >= 11 is 0. The van der Waals surface area contributed by atoms with Gasteiger partial charge in [0.05, 0.1) is 36.4 Å². The van der Waals surface area contributed by atoms with E-state index >= 15 is 0 Å². The maximum absolute atomic E-state index is 14.8. The van der Waals surface area contributed by atoms with Crippen LogP contribution in [0.5, 0.6) is 11.5 Å². The quantitative estimate of drug-likeness (QED) is 0.0507. The lowest BCUT2D eigenvalue weighted by molar-refractivity contribution is -0.153. The number of aromatic nitrogens is 6. The second-order valence-corrected chi connectivity index (χ2v) is 21.4. The number of carbonyl (C=O) groups is 3. The van der Waals surface area contributed by atoms with E-state index in [1.807, 2.05) is 42.6 Å². The number of carbonyl (C=O) groups excluding carboxylic acids is 3. The first-order chi connectivity index (χ1) is 42.4. The number of aliphatic hydroxyl groups is 1. The van der Waals surface area contributed by atoms with Gasteiger partial charge in [-0.1, -0.05) is 48.5 Å². The van der Waals surface area contributed by atoms with Crippen molar-refractivity contribution in [3.8, 4) is 33.8 Å². The lowest BCUT2D eigenvalue weighted by Crippen LogP contribution is -2.53. The SMILES string of the molecule is COc1cc(N2CCN(C)CC2)ccc1Nc1nc2ccc(-c3ccc(NC(=O)C(c4ccc(F)cc4)C(C(=O)Nc4ccc(-c5ccc6nc(Nc7ccc(C(=O)N8CC(O)C8)cc7OCC(F)(F)F)nn6c5)cc4)c4ccc(F)cc4)cc3)cn2n1. The molecule has 4 aromatic heterocycles. The van der Waals surface area contributed by atoms with Gasteiger partial charge in [0.2, 0.25) is 23.7 Å². The van der Waals surface area contributed by atoms with Crippen LogP contribution in [0.1, 0.15) is 33.3 Å². The third kappa shape index (κ3) is 13.0. The second-order valence-electron chi connectivity index (χ2n) is 21.4. The number of ether oxygens (including phenoxy) is 2. The van der Waals surface area contributed by atoms with Gasteiger partial charge in [-0.15, -0.1) is 10.2 Å². The Morgan fingerprint density at radius 2 is 1.08 bits per heavy atom. The Morgan fingerprint density at radius 1 is 0.602 bits per heavy atom. The molecule has 19 nitrogen and oxygen atoms in total. The van der Waals surface area contributed by atoms with Crippen LogP contribution in [0.4, 0.5) is 62.3 Å². The van der Waals surface area contributed by atoms with E-state index in [0.29, 0.717) is 62.3 Å². The number of halogens is 5. The van der Waals surface area contributed by atoms with Crippen LogP contribution in [0.25, 0.3) is 33.5 Å². The van der Waals surface area contributed by atoms with Crippen molar-refractivity contribution < 1.29 is 50.9 Å². The summed E-state index contributed by atoms with van der Waals surface area (Å²) in [5, 5.41) is 30.9. The number of likely N-dealkylation sites (N-methyl/N-ethyl adjacent to an activating group) is 1. The number of anilines is 7. The number of likely N-dealkylation sites (tertiary alicyclic amines) is 1. The monoisotopic (exact) mass is 1200 g/mol. The molecule has 88 heavy (non-hydrogen) atoms. The van der Waals surface area contributed by atoms with E-state index in [1.54, 1.807) is 66.4 Å². The molecule has 0 radical (unpaired) electrons. The maximum atomic E-state index is 14.8. The Labute approximate surface area is 500 Å². The van der Waals surface area contributed by atoms with Crippen molar-refractivity contribution in [2.45, 2.75) is 24.1 Å². The zero-order chi connectivity index (χ0) is 61.2. The third-order valence-corrected chi connectivity index (χ3v) is 15.3. The number of nitrogens with one attached hydrogen (secondary N) is 4. The van der Waals surface area contributed by atoms with Crippen LogP contribution in [-0.4, -0.2) is 134 Å². The molecule has 0 saturated carbocycles. The van der Waals surface area contributed by atoms with E-state index < -0.39 is 60.1 Å². The molecule has 10 aromatic rings. The van der Waals surface area contributed by atoms with Crippen LogP contribution in [0, 0.1) is 11.6 Å². The van der Waals surface area contributed by atoms with Crippen molar-refractivity contribution in [1.29, 1.82) is 0 Å².